The van der Waals surface area contributed by atoms with Gasteiger partial charge in [0.15, 0.2) is 0 Å². The van der Waals surface area contributed by atoms with Gasteiger partial charge in [-0.25, -0.2) is 0 Å². The summed E-state index contributed by atoms with van der Waals surface area (Å²) in [6.45, 7) is 4.69. The summed E-state index contributed by atoms with van der Waals surface area (Å²) in [6.07, 6.45) is 10.9. The Morgan fingerprint density at radius 3 is 3.00 bits per heavy atom. The highest BCUT2D eigenvalue weighted by Crippen LogP contribution is 2.23. The molecule has 1 aromatic heterocycles. The quantitative estimate of drug-likeness (QED) is 0.793. The molecule has 2 nitrogen and oxygen atoms in total. The minimum absolute atomic E-state index is 0.591. The summed E-state index contributed by atoms with van der Waals surface area (Å²) in [4.78, 5) is 0. The van der Waals surface area contributed by atoms with Gasteiger partial charge in [0, 0.05) is 18.5 Å². The monoisotopic (exact) mass is 249 g/mol. The Morgan fingerprint density at radius 2 is 2.22 bits per heavy atom. The molecule has 1 aromatic rings. The van der Waals surface area contributed by atoms with Gasteiger partial charge in [-0.3, -0.25) is 0 Å². The molecule has 0 amide bonds. The van der Waals surface area contributed by atoms with E-state index >= 15 is 0 Å². The summed E-state index contributed by atoms with van der Waals surface area (Å²) < 4.78 is 5.38. The highest BCUT2D eigenvalue weighted by Gasteiger charge is 2.17. The number of hydrogen-bond donors (Lipinski definition) is 1. The van der Waals surface area contributed by atoms with E-state index in [9.17, 15) is 0 Å². The SMILES string of the molecule is CC1CCCC(NC(C)CCc2ccco2)CC1. The molecule has 0 bridgehead atoms. The average molecular weight is 249 g/mol. The molecule has 1 aliphatic rings. The van der Waals surface area contributed by atoms with Crippen molar-refractivity contribution in [3.05, 3.63) is 24.2 Å². The van der Waals surface area contributed by atoms with Crippen LogP contribution in [0.25, 0.3) is 0 Å². The first-order valence-corrected chi connectivity index (χ1v) is 7.52. The van der Waals surface area contributed by atoms with E-state index in [1.165, 1.54) is 38.5 Å². The fourth-order valence-corrected chi connectivity index (χ4v) is 2.95. The second kappa shape index (κ2) is 6.98. The molecule has 0 saturated heterocycles. The number of hydrogen-bond acceptors (Lipinski definition) is 2. The van der Waals surface area contributed by atoms with Crippen LogP contribution in [0.4, 0.5) is 0 Å². The lowest BCUT2D eigenvalue weighted by molar-refractivity contribution is 0.381. The molecule has 0 aromatic carbocycles. The predicted octanol–water partition coefficient (Wildman–Crippen LogP) is 4.16. The van der Waals surface area contributed by atoms with Crippen molar-refractivity contribution in [2.45, 2.75) is 70.9 Å². The molecule has 2 heteroatoms. The third-order valence-electron chi connectivity index (χ3n) is 4.18. The first-order valence-electron chi connectivity index (χ1n) is 7.52. The molecule has 1 saturated carbocycles. The zero-order chi connectivity index (χ0) is 12.8. The molecule has 0 radical (unpaired) electrons. The molecule has 18 heavy (non-hydrogen) atoms. The van der Waals surface area contributed by atoms with Crippen LogP contribution < -0.4 is 5.32 Å². The van der Waals surface area contributed by atoms with Gasteiger partial charge in [0.05, 0.1) is 6.26 Å². The Labute approximate surface area is 111 Å². The molecule has 0 aliphatic heterocycles. The molecule has 102 valence electrons. The lowest BCUT2D eigenvalue weighted by Crippen LogP contribution is -2.36. The minimum Gasteiger partial charge on any atom is -0.469 e. The Kier molecular flexibility index (Phi) is 5.30. The van der Waals surface area contributed by atoms with Crippen LogP contribution in [0.5, 0.6) is 0 Å². The fraction of sp³-hybridized carbons (Fsp3) is 0.750. The van der Waals surface area contributed by atoms with Gasteiger partial charge in [-0.05, 0) is 50.7 Å². The topological polar surface area (TPSA) is 25.2 Å². The standard InChI is InChI=1S/C16H27NO/c1-13-5-3-6-15(10-8-13)17-14(2)9-11-16-7-4-12-18-16/h4,7,12-15,17H,3,5-6,8-11H2,1-2H3. The van der Waals surface area contributed by atoms with E-state index in [2.05, 4.69) is 25.2 Å². The highest BCUT2D eigenvalue weighted by atomic mass is 16.3. The lowest BCUT2D eigenvalue weighted by atomic mass is 10.0. The summed E-state index contributed by atoms with van der Waals surface area (Å²) in [5.41, 5.74) is 0. The summed E-state index contributed by atoms with van der Waals surface area (Å²) in [5, 5.41) is 3.80. The van der Waals surface area contributed by atoms with Gasteiger partial charge in [0.2, 0.25) is 0 Å². The number of aryl methyl sites for hydroxylation is 1. The molecule has 2 rings (SSSR count). The maximum atomic E-state index is 5.38. The normalized spacial score (nSPS) is 26.8. The molecule has 1 aliphatic carbocycles. The third-order valence-corrected chi connectivity index (χ3v) is 4.18. The highest BCUT2D eigenvalue weighted by molar-refractivity contribution is 4.98. The van der Waals surface area contributed by atoms with Crippen LogP contribution in [0.2, 0.25) is 0 Å². The van der Waals surface area contributed by atoms with Crippen molar-refractivity contribution in [3.8, 4) is 0 Å². The Morgan fingerprint density at radius 1 is 1.33 bits per heavy atom. The van der Waals surface area contributed by atoms with E-state index in [1.54, 1.807) is 6.26 Å². The number of nitrogens with one attached hydrogen (secondary N) is 1. The molecular formula is C16H27NO. The minimum atomic E-state index is 0.591. The van der Waals surface area contributed by atoms with E-state index in [0.29, 0.717) is 6.04 Å². The molecular weight excluding hydrogens is 222 g/mol. The average Bonchev–Trinajstić information content (AvgIpc) is 2.79. The summed E-state index contributed by atoms with van der Waals surface area (Å²) >= 11 is 0. The van der Waals surface area contributed by atoms with Crippen molar-refractivity contribution in [2.75, 3.05) is 0 Å². The van der Waals surface area contributed by atoms with Crippen molar-refractivity contribution in [2.24, 2.45) is 5.92 Å². The van der Waals surface area contributed by atoms with Crippen molar-refractivity contribution in [3.63, 3.8) is 0 Å². The Balaban J connectivity index is 1.68. The second-order valence-electron chi connectivity index (χ2n) is 6.00. The van der Waals surface area contributed by atoms with Crippen molar-refractivity contribution < 1.29 is 4.42 Å². The zero-order valence-corrected chi connectivity index (χ0v) is 11.8. The summed E-state index contributed by atoms with van der Waals surface area (Å²) in [6, 6.07) is 5.37. The van der Waals surface area contributed by atoms with E-state index in [1.807, 2.05) is 6.07 Å². The van der Waals surface area contributed by atoms with Crippen molar-refractivity contribution in [1.29, 1.82) is 0 Å². The van der Waals surface area contributed by atoms with Crippen LogP contribution in [0, 0.1) is 5.92 Å². The first-order chi connectivity index (χ1) is 8.74. The van der Waals surface area contributed by atoms with Crippen molar-refractivity contribution >= 4 is 0 Å². The largest absolute Gasteiger partial charge is 0.469 e. The van der Waals surface area contributed by atoms with Gasteiger partial charge in [-0.1, -0.05) is 19.8 Å². The molecule has 1 heterocycles. The maximum absolute atomic E-state index is 5.38. The molecule has 1 fully saturated rings. The van der Waals surface area contributed by atoms with E-state index < -0.39 is 0 Å². The van der Waals surface area contributed by atoms with E-state index in [0.717, 1.165) is 24.1 Å². The predicted molar refractivity (Wildman–Crippen MR) is 75.7 cm³/mol. The fourth-order valence-electron chi connectivity index (χ4n) is 2.95. The third kappa shape index (κ3) is 4.49. The van der Waals surface area contributed by atoms with Crippen LogP contribution >= 0.6 is 0 Å². The van der Waals surface area contributed by atoms with Gasteiger partial charge in [0.25, 0.3) is 0 Å². The van der Waals surface area contributed by atoms with Crippen LogP contribution in [-0.2, 0) is 6.42 Å². The smallest absolute Gasteiger partial charge is 0.103 e. The zero-order valence-electron chi connectivity index (χ0n) is 11.8. The van der Waals surface area contributed by atoms with Gasteiger partial charge in [-0.15, -0.1) is 0 Å². The van der Waals surface area contributed by atoms with Gasteiger partial charge in [0.1, 0.15) is 5.76 Å². The molecule has 3 unspecified atom stereocenters. The van der Waals surface area contributed by atoms with E-state index in [4.69, 9.17) is 4.42 Å². The van der Waals surface area contributed by atoms with Gasteiger partial charge in [-0.2, -0.15) is 0 Å². The van der Waals surface area contributed by atoms with Crippen LogP contribution in [0.15, 0.2) is 22.8 Å². The number of rotatable bonds is 5. The molecule has 1 N–H and O–H groups in total. The Bertz CT molecular complexity index is 320. The van der Waals surface area contributed by atoms with Gasteiger partial charge < -0.3 is 9.73 Å². The second-order valence-corrected chi connectivity index (χ2v) is 6.00. The molecule has 3 atom stereocenters. The van der Waals surface area contributed by atoms with E-state index in [-0.39, 0.29) is 0 Å². The maximum Gasteiger partial charge on any atom is 0.103 e. The van der Waals surface area contributed by atoms with Crippen LogP contribution in [0.1, 0.15) is 58.1 Å². The van der Waals surface area contributed by atoms with Crippen molar-refractivity contribution in [1.82, 2.24) is 5.32 Å². The van der Waals surface area contributed by atoms with Gasteiger partial charge >= 0.3 is 0 Å². The molecule has 0 spiro atoms. The Hall–Kier alpha value is -0.760. The van der Waals surface area contributed by atoms with Crippen LogP contribution in [-0.4, -0.2) is 12.1 Å². The summed E-state index contributed by atoms with van der Waals surface area (Å²) in [5.74, 6) is 2.04. The van der Waals surface area contributed by atoms with Crippen LogP contribution in [0.3, 0.4) is 0 Å². The number of furan rings is 1. The first kappa shape index (κ1) is 13.7. The lowest BCUT2D eigenvalue weighted by Gasteiger charge is -2.22. The summed E-state index contributed by atoms with van der Waals surface area (Å²) in [7, 11) is 0.